The number of phenols is 1. The zero-order chi connectivity index (χ0) is 19.8. The van der Waals surface area contributed by atoms with Crippen molar-refractivity contribution in [3.8, 4) is 11.5 Å². The average molecular weight is 385 g/mol. The fourth-order valence-corrected chi connectivity index (χ4v) is 4.05. The maximum absolute atomic E-state index is 10.4. The van der Waals surface area contributed by atoms with Gasteiger partial charge in [0.05, 0.1) is 7.11 Å². The summed E-state index contributed by atoms with van der Waals surface area (Å²) in [5, 5.41) is 19.9. The number of piperazine rings is 1. The molecule has 0 saturated carbocycles. The second-order valence-electron chi connectivity index (χ2n) is 7.49. The molecule has 1 heterocycles. The van der Waals surface area contributed by atoms with Gasteiger partial charge in [0.25, 0.3) is 0 Å². The molecule has 0 bridgehead atoms. The summed E-state index contributed by atoms with van der Waals surface area (Å²) in [5.74, 6) is 0.748. The number of aliphatic hydroxyl groups is 1. The molecule has 5 heteroatoms. The number of aromatic hydroxyl groups is 1. The number of para-hydroxylation sites is 1. The van der Waals surface area contributed by atoms with E-state index in [1.54, 1.807) is 13.2 Å². The molecule has 2 aromatic rings. The van der Waals surface area contributed by atoms with E-state index in [1.165, 1.54) is 5.56 Å². The number of hydrogen-bond acceptors (Lipinski definition) is 5. The third-order valence-electron chi connectivity index (χ3n) is 5.60. The maximum Gasteiger partial charge on any atom is 0.162 e. The molecule has 2 aromatic carbocycles. The number of nitrogens with zero attached hydrogens (tertiary/aromatic N) is 2. The topological polar surface area (TPSA) is 56.2 Å². The van der Waals surface area contributed by atoms with Crippen LogP contribution in [0.3, 0.4) is 0 Å². The molecule has 0 unspecified atom stereocenters. The van der Waals surface area contributed by atoms with Crippen molar-refractivity contribution in [2.24, 2.45) is 0 Å². The van der Waals surface area contributed by atoms with Crippen LogP contribution in [0.15, 0.2) is 48.5 Å². The molecule has 1 aliphatic rings. The van der Waals surface area contributed by atoms with Crippen molar-refractivity contribution in [2.45, 2.75) is 31.8 Å². The fraction of sp³-hybridized carbons (Fsp3) is 0.478. The molecule has 0 aromatic heterocycles. The Morgan fingerprint density at radius 2 is 1.89 bits per heavy atom. The van der Waals surface area contributed by atoms with Crippen molar-refractivity contribution < 1.29 is 14.9 Å². The lowest BCUT2D eigenvalue weighted by Gasteiger charge is -2.41. The number of benzene rings is 2. The first kappa shape index (κ1) is 20.6. The van der Waals surface area contributed by atoms with Gasteiger partial charge in [-0.3, -0.25) is 9.80 Å². The lowest BCUT2D eigenvalue weighted by atomic mass is 10.1. The Labute approximate surface area is 168 Å². The third-order valence-corrected chi connectivity index (χ3v) is 5.60. The van der Waals surface area contributed by atoms with Crippen LogP contribution in [0.2, 0.25) is 0 Å². The van der Waals surface area contributed by atoms with Crippen molar-refractivity contribution in [1.82, 2.24) is 9.80 Å². The highest BCUT2D eigenvalue weighted by atomic mass is 16.5. The third kappa shape index (κ3) is 5.47. The molecule has 0 radical (unpaired) electrons. The first-order valence-electron chi connectivity index (χ1n) is 10.2. The van der Waals surface area contributed by atoms with E-state index in [1.807, 2.05) is 12.1 Å². The van der Waals surface area contributed by atoms with Gasteiger partial charge in [0.15, 0.2) is 11.5 Å². The molecule has 5 nitrogen and oxygen atoms in total. The summed E-state index contributed by atoms with van der Waals surface area (Å²) < 4.78 is 5.22. The van der Waals surface area contributed by atoms with E-state index in [2.05, 4.69) is 40.1 Å². The van der Waals surface area contributed by atoms with Gasteiger partial charge in [-0.2, -0.15) is 0 Å². The summed E-state index contributed by atoms with van der Waals surface area (Å²) in [5.41, 5.74) is 2.27. The summed E-state index contributed by atoms with van der Waals surface area (Å²) >= 11 is 0. The Bertz CT molecular complexity index is 723. The van der Waals surface area contributed by atoms with Crippen LogP contribution in [0.5, 0.6) is 11.5 Å². The van der Waals surface area contributed by atoms with E-state index < -0.39 is 0 Å². The lowest BCUT2D eigenvalue weighted by Crippen LogP contribution is -2.53. The largest absolute Gasteiger partial charge is 0.504 e. The molecule has 0 spiro atoms. The number of rotatable bonds is 9. The smallest absolute Gasteiger partial charge is 0.162 e. The summed E-state index contributed by atoms with van der Waals surface area (Å²) in [6, 6.07) is 16.6. The molecular formula is C23H32N2O3. The highest BCUT2D eigenvalue weighted by molar-refractivity contribution is 5.45. The number of ether oxygens (including phenoxy) is 1. The Morgan fingerprint density at radius 3 is 2.64 bits per heavy atom. The predicted molar refractivity (Wildman–Crippen MR) is 112 cm³/mol. The summed E-state index contributed by atoms with van der Waals surface area (Å²) in [6.07, 6.45) is 3.00. The number of aliphatic hydroxyl groups excluding tert-OH is 1. The van der Waals surface area contributed by atoms with Gasteiger partial charge in [-0.25, -0.2) is 0 Å². The van der Waals surface area contributed by atoms with Gasteiger partial charge in [0.1, 0.15) is 0 Å². The molecule has 1 aliphatic heterocycles. The molecule has 1 atom stereocenters. The number of hydrogen-bond donors (Lipinski definition) is 2. The van der Waals surface area contributed by atoms with E-state index in [9.17, 15) is 10.2 Å². The number of aryl methyl sites for hydroxylation is 1. The van der Waals surface area contributed by atoms with Crippen molar-refractivity contribution in [3.05, 3.63) is 59.7 Å². The Hall–Kier alpha value is -2.08. The van der Waals surface area contributed by atoms with Crippen molar-refractivity contribution in [3.63, 3.8) is 0 Å². The van der Waals surface area contributed by atoms with Gasteiger partial charge in [-0.15, -0.1) is 0 Å². The molecule has 3 rings (SSSR count). The number of phenolic OH excluding ortho intramolecular Hbond substituents is 1. The van der Waals surface area contributed by atoms with Crippen LogP contribution in [0.1, 0.15) is 24.0 Å². The van der Waals surface area contributed by atoms with E-state index in [0.29, 0.717) is 18.3 Å². The minimum Gasteiger partial charge on any atom is -0.504 e. The van der Waals surface area contributed by atoms with Crippen molar-refractivity contribution >= 4 is 0 Å². The quantitative estimate of drug-likeness (QED) is 0.696. The minimum absolute atomic E-state index is 0.206. The van der Waals surface area contributed by atoms with Crippen LogP contribution in [-0.2, 0) is 13.0 Å². The zero-order valence-corrected chi connectivity index (χ0v) is 16.8. The SMILES string of the molecule is COc1cccc(CN2CCN(CCCc3ccccc3)[C@H](CCO)C2)c1O. The van der Waals surface area contributed by atoms with Gasteiger partial charge >= 0.3 is 0 Å². The van der Waals surface area contributed by atoms with E-state index in [-0.39, 0.29) is 12.4 Å². The summed E-state index contributed by atoms with van der Waals surface area (Å²) in [6.45, 7) is 4.81. The van der Waals surface area contributed by atoms with Crippen molar-refractivity contribution in [1.29, 1.82) is 0 Å². The summed E-state index contributed by atoms with van der Waals surface area (Å²) in [4.78, 5) is 4.88. The Balaban J connectivity index is 1.54. The zero-order valence-electron chi connectivity index (χ0n) is 16.8. The first-order valence-corrected chi connectivity index (χ1v) is 10.2. The van der Waals surface area contributed by atoms with Gasteiger partial charge in [0, 0.05) is 44.4 Å². The molecular weight excluding hydrogens is 352 g/mol. The monoisotopic (exact) mass is 384 g/mol. The highest BCUT2D eigenvalue weighted by Crippen LogP contribution is 2.30. The van der Waals surface area contributed by atoms with Crippen LogP contribution in [0, 0.1) is 0 Å². The average Bonchev–Trinajstić information content (AvgIpc) is 2.72. The van der Waals surface area contributed by atoms with Crippen LogP contribution in [0.4, 0.5) is 0 Å². The maximum atomic E-state index is 10.4. The lowest BCUT2D eigenvalue weighted by molar-refractivity contribution is 0.0543. The molecule has 152 valence electrons. The highest BCUT2D eigenvalue weighted by Gasteiger charge is 2.26. The van der Waals surface area contributed by atoms with Gasteiger partial charge in [-0.05, 0) is 37.4 Å². The summed E-state index contributed by atoms with van der Waals surface area (Å²) in [7, 11) is 1.57. The molecule has 0 amide bonds. The van der Waals surface area contributed by atoms with E-state index in [0.717, 1.165) is 51.0 Å². The van der Waals surface area contributed by atoms with Crippen LogP contribution < -0.4 is 4.74 Å². The second kappa shape index (κ2) is 10.5. The van der Waals surface area contributed by atoms with Crippen molar-refractivity contribution in [2.75, 3.05) is 39.9 Å². The normalized spacial score (nSPS) is 18.3. The molecule has 28 heavy (non-hydrogen) atoms. The van der Waals surface area contributed by atoms with E-state index >= 15 is 0 Å². The van der Waals surface area contributed by atoms with Gasteiger partial charge in [-0.1, -0.05) is 42.5 Å². The standard InChI is InChI=1S/C23H32N2O3/c1-28-22-11-5-10-20(23(22)27)17-24-14-15-25(21(18-24)12-16-26)13-6-9-19-7-3-2-4-8-19/h2-5,7-8,10-11,21,26-27H,6,9,12-18H2,1H3/t21-/m1/s1. The van der Waals surface area contributed by atoms with E-state index in [4.69, 9.17) is 4.74 Å². The first-order chi connectivity index (χ1) is 13.7. The predicted octanol–water partition coefficient (Wildman–Crippen LogP) is 2.90. The molecule has 0 aliphatic carbocycles. The second-order valence-corrected chi connectivity index (χ2v) is 7.49. The molecule has 1 saturated heterocycles. The minimum atomic E-state index is 0.206. The number of methoxy groups -OCH3 is 1. The fourth-order valence-electron chi connectivity index (χ4n) is 4.05. The molecule has 1 fully saturated rings. The molecule has 2 N–H and O–H groups in total. The van der Waals surface area contributed by atoms with Gasteiger partial charge in [0.2, 0.25) is 0 Å². The van der Waals surface area contributed by atoms with Crippen LogP contribution in [0.25, 0.3) is 0 Å². The Kier molecular flexibility index (Phi) is 7.71. The van der Waals surface area contributed by atoms with Gasteiger partial charge < -0.3 is 14.9 Å². The Morgan fingerprint density at radius 1 is 1.07 bits per heavy atom. The van der Waals surface area contributed by atoms with Crippen LogP contribution in [-0.4, -0.2) is 66.0 Å². The van der Waals surface area contributed by atoms with Crippen LogP contribution >= 0.6 is 0 Å².